The van der Waals surface area contributed by atoms with Crippen molar-refractivity contribution in [1.29, 1.82) is 0 Å². The van der Waals surface area contributed by atoms with E-state index in [-0.39, 0.29) is 40.6 Å². The molecule has 2 heterocycles. The third-order valence-corrected chi connectivity index (χ3v) is 9.19. The number of para-hydroxylation sites is 1. The van der Waals surface area contributed by atoms with Crippen LogP contribution in [0.15, 0.2) is 64.2 Å². The average molecular weight is 594 g/mol. The van der Waals surface area contributed by atoms with Gasteiger partial charge in [-0.3, -0.25) is 0 Å². The zero-order chi connectivity index (χ0) is 29.8. The van der Waals surface area contributed by atoms with E-state index in [9.17, 15) is 18.3 Å². The Labute approximate surface area is 245 Å². The fourth-order valence-electron chi connectivity index (χ4n) is 6.50. The molecular weight excluding hydrogens is 563 g/mol. The molecule has 1 N–H and O–H groups in total. The Morgan fingerprint density at radius 1 is 0.953 bits per heavy atom. The van der Waals surface area contributed by atoms with Crippen LogP contribution in [-0.4, -0.2) is 32.4 Å². The maximum absolute atomic E-state index is 13.1. The summed E-state index contributed by atoms with van der Waals surface area (Å²) in [6.07, 6.45) is 1.93. The Morgan fingerprint density at radius 3 is 2.30 bits per heavy atom. The third kappa shape index (κ3) is 5.30. The molecule has 0 radical (unpaired) electrons. The number of benzene rings is 2. The highest BCUT2D eigenvalue weighted by atomic mass is 19.4. The molecule has 8 nitrogen and oxygen atoms in total. The van der Waals surface area contributed by atoms with Gasteiger partial charge in [0.25, 0.3) is 0 Å². The number of hydrogen-bond acceptors (Lipinski definition) is 8. The first-order chi connectivity index (χ1) is 20.6. The summed E-state index contributed by atoms with van der Waals surface area (Å²) in [6.45, 7) is 3.74. The number of alkyl halides is 3. The van der Waals surface area contributed by atoms with E-state index in [2.05, 4.69) is 21.6 Å². The van der Waals surface area contributed by atoms with Crippen LogP contribution in [0.4, 0.5) is 13.2 Å². The van der Waals surface area contributed by atoms with Crippen molar-refractivity contribution in [1.82, 2.24) is 15.3 Å². The molecule has 0 atom stereocenters. The van der Waals surface area contributed by atoms with Gasteiger partial charge in [0.15, 0.2) is 0 Å². The molecule has 0 spiro atoms. The Bertz CT molecular complexity index is 1630. The highest BCUT2D eigenvalue weighted by molar-refractivity contribution is 5.70. The monoisotopic (exact) mass is 593 g/mol. The Balaban J connectivity index is 1.07. The first kappa shape index (κ1) is 27.7. The zero-order valence-corrected chi connectivity index (χ0v) is 23.3. The van der Waals surface area contributed by atoms with Crippen molar-refractivity contribution in [2.24, 2.45) is 0 Å². The summed E-state index contributed by atoms with van der Waals surface area (Å²) in [5, 5.41) is 18.0. The summed E-state index contributed by atoms with van der Waals surface area (Å²) in [4.78, 5) is 4.76. The Kier molecular flexibility index (Phi) is 6.61. The summed E-state index contributed by atoms with van der Waals surface area (Å²) in [5.74, 6) is 1.69. The summed E-state index contributed by atoms with van der Waals surface area (Å²) >= 11 is 0. The first-order valence-corrected chi connectivity index (χ1v) is 14.4. The number of aliphatic hydroxyl groups is 1. The summed E-state index contributed by atoms with van der Waals surface area (Å²) < 4.78 is 61.9. The predicted molar refractivity (Wildman–Crippen MR) is 149 cm³/mol. The molecule has 0 unspecified atom stereocenters. The Hall–Kier alpha value is -4.12. The quantitative estimate of drug-likeness (QED) is 0.194. The van der Waals surface area contributed by atoms with E-state index in [1.54, 1.807) is 24.3 Å². The number of aliphatic hydroxyl groups excluding tert-OH is 1. The van der Waals surface area contributed by atoms with E-state index in [4.69, 9.17) is 18.8 Å². The van der Waals surface area contributed by atoms with Gasteiger partial charge in [-0.1, -0.05) is 53.3 Å². The van der Waals surface area contributed by atoms with Crippen molar-refractivity contribution < 1.29 is 36.8 Å². The molecule has 0 aliphatic heterocycles. The normalized spacial score (nSPS) is 23.4. The molecule has 4 aliphatic rings. The number of halogens is 3. The lowest BCUT2D eigenvalue weighted by molar-refractivity contribution is -0.274. The van der Waals surface area contributed by atoms with Gasteiger partial charge in [0.2, 0.25) is 11.7 Å². The molecule has 2 aromatic heterocycles. The zero-order valence-electron chi connectivity index (χ0n) is 23.3. The van der Waals surface area contributed by atoms with Crippen LogP contribution in [0.3, 0.4) is 0 Å². The van der Waals surface area contributed by atoms with Crippen molar-refractivity contribution in [3.05, 3.63) is 77.9 Å². The summed E-state index contributed by atoms with van der Waals surface area (Å²) in [6, 6.07) is 13.2. The van der Waals surface area contributed by atoms with Crippen molar-refractivity contribution in [2.75, 3.05) is 0 Å². The minimum atomic E-state index is -4.83. The molecule has 0 saturated heterocycles. The van der Waals surface area contributed by atoms with E-state index < -0.39 is 6.36 Å². The number of aromatic nitrogens is 3. The van der Waals surface area contributed by atoms with Crippen molar-refractivity contribution >= 4 is 5.76 Å². The molecule has 43 heavy (non-hydrogen) atoms. The topological polar surface area (TPSA) is 104 Å². The van der Waals surface area contributed by atoms with Crippen LogP contribution in [0.5, 0.6) is 5.75 Å². The van der Waals surface area contributed by atoms with Crippen LogP contribution < -0.4 is 4.74 Å². The highest BCUT2D eigenvalue weighted by Gasteiger charge is 2.53. The highest BCUT2D eigenvalue weighted by Crippen LogP contribution is 2.55. The molecule has 4 aromatic rings. The molecule has 4 fully saturated rings. The van der Waals surface area contributed by atoms with Crippen LogP contribution in [0.1, 0.15) is 80.1 Å². The van der Waals surface area contributed by atoms with E-state index >= 15 is 0 Å². The lowest BCUT2D eigenvalue weighted by atomic mass is 9.58. The Morgan fingerprint density at radius 2 is 1.65 bits per heavy atom. The maximum Gasteiger partial charge on any atom is 0.573 e. The standard InChI is InChI=1S/C32H30F3N3O5/c1-19(39)20-6-10-22(11-7-20)28-36-29(43-38-28)30-12-15-31(16-13-30,17-14-30)40-18-24-26(37-42-27(24)21-8-9-21)23-4-2-3-5-25(23)41-32(33,34)35/h2-7,10-11,21,39H,1,8-9,12-18H2. The van der Waals surface area contributed by atoms with Gasteiger partial charge in [-0.25, -0.2) is 0 Å². The maximum atomic E-state index is 13.1. The molecule has 2 aromatic carbocycles. The molecule has 4 saturated carbocycles. The number of rotatable bonds is 9. The van der Waals surface area contributed by atoms with E-state index in [0.29, 0.717) is 34.3 Å². The van der Waals surface area contributed by atoms with Crippen LogP contribution in [0.2, 0.25) is 0 Å². The van der Waals surface area contributed by atoms with Crippen molar-refractivity contribution in [3.8, 4) is 28.4 Å². The molecule has 8 rings (SSSR count). The van der Waals surface area contributed by atoms with Crippen LogP contribution >= 0.6 is 0 Å². The van der Waals surface area contributed by atoms with E-state index in [1.807, 2.05) is 12.1 Å². The number of ether oxygens (including phenoxy) is 2. The first-order valence-electron chi connectivity index (χ1n) is 14.4. The molecule has 4 aliphatic carbocycles. The van der Waals surface area contributed by atoms with Gasteiger partial charge in [-0.2, -0.15) is 4.98 Å². The third-order valence-electron chi connectivity index (χ3n) is 9.19. The predicted octanol–water partition coefficient (Wildman–Crippen LogP) is 8.26. The average Bonchev–Trinajstić information content (AvgIpc) is 3.55. The second-order valence-corrected chi connectivity index (χ2v) is 11.9. The number of nitrogens with zero attached hydrogens (tertiary/aromatic N) is 3. The SMILES string of the molecule is C=C(O)c1ccc(-c2noc(C34CCC(OCc5c(-c6ccccc6OC(F)(F)F)noc5C5CC5)(CC3)CC4)n2)cc1. The molecule has 224 valence electrons. The number of fused-ring (bicyclic) bond motifs is 3. The second kappa shape index (κ2) is 10.3. The summed E-state index contributed by atoms with van der Waals surface area (Å²) in [5.41, 5.74) is 2.09. The number of hydrogen-bond donors (Lipinski definition) is 1. The molecule has 11 heteroatoms. The van der Waals surface area contributed by atoms with Gasteiger partial charge >= 0.3 is 6.36 Å². The van der Waals surface area contributed by atoms with Gasteiger partial charge < -0.3 is 23.6 Å². The fourth-order valence-corrected chi connectivity index (χ4v) is 6.50. The fraction of sp³-hybridized carbons (Fsp3) is 0.406. The lowest BCUT2D eigenvalue weighted by Crippen LogP contribution is -2.49. The van der Waals surface area contributed by atoms with Crippen LogP contribution in [-0.2, 0) is 16.8 Å². The molecule has 0 amide bonds. The van der Waals surface area contributed by atoms with E-state index in [1.165, 1.54) is 12.1 Å². The van der Waals surface area contributed by atoms with Crippen molar-refractivity contribution in [3.63, 3.8) is 0 Å². The van der Waals surface area contributed by atoms with Crippen molar-refractivity contribution in [2.45, 2.75) is 81.3 Å². The van der Waals surface area contributed by atoms with E-state index in [0.717, 1.165) is 56.9 Å². The largest absolute Gasteiger partial charge is 0.573 e. The second-order valence-electron chi connectivity index (χ2n) is 11.9. The molecular formula is C32H30F3N3O5. The van der Waals surface area contributed by atoms with Gasteiger partial charge in [0.05, 0.1) is 17.6 Å². The van der Waals surface area contributed by atoms with Gasteiger partial charge in [0, 0.05) is 28.2 Å². The smallest absolute Gasteiger partial charge is 0.508 e. The minimum Gasteiger partial charge on any atom is -0.508 e. The lowest BCUT2D eigenvalue weighted by Gasteiger charge is -2.51. The minimum absolute atomic E-state index is 0.00124. The van der Waals surface area contributed by atoms with Crippen LogP contribution in [0, 0.1) is 0 Å². The molecule has 2 bridgehead atoms. The van der Waals surface area contributed by atoms with Crippen LogP contribution in [0.25, 0.3) is 28.4 Å². The summed E-state index contributed by atoms with van der Waals surface area (Å²) in [7, 11) is 0. The van der Waals surface area contributed by atoms with Gasteiger partial charge in [-0.05, 0) is 63.5 Å². The van der Waals surface area contributed by atoms with Gasteiger partial charge in [0.1, 0.15) is 23.0 Å². The van der Waals surface area contributed by atoms with Gasteiger partial charge in [-0.15, -0.1) is 13.2 Å².